The topological polar surface area (TPSA) is 299 Å². The minimum Gasteiger partial charge on any atom is -0.392 e. The molecule has 8 aromatic heterocycles. The zero-order valence-corrected chi connectivity index (χ0v) is 61.7. The van der Waals surface area contributed by atoms with Crippen molar-refractivity contribution in [1.82, 2.24) is 80.7 Å². The summed E-state index contributed by atoms with van der Waals surface area (Å²) in [6.07, 6.45) is 24.9. The molecule has 0 radical (unpaired) electrons. The normalized spacial score (nSPS) is 19.4. The molecule has 4 unspecified atom stereocenters. The van der Waals surface area contributed by atoms with Gasteiger partial charge in [-0.3, -0.25) is 20.4 Å². The zero-order valence-electron chi connectivity index (χ0n) is 61.0. The molecule has 12 aromatic rings. The first-order chi connectivity index (χ1) is 53.6. The molecule has 4 aliphatic heterocycles. The number of aromatic nitrogens is 16. The van der Waals surface area contributed by atoms with Gasteiger partial charge in [0.05, 0.1) is 30.8 Å². The fraction of sp³-hybridized carbons (Fsp3) is 0.366. The molecule has 12 heterocycles. The molecule has 8 aliphatic rings. The van der Waals surface area contributed by atoms with Crippen molar-refractivity contribution in [2.75, 3.05) is 67.0 Å². The number of aliphatic hydroxyl groups excluding tert-OH is 1. The molecule has 9 N–H and O–H groups in total. The van der Waals surface area contributed by atoms with Crippen LogP contribution in [0, 0.1) is 12.7 Å². The Balaban J connectivity index is 0.000000106. The highest BCUT2D eigenvalue weighted by Gasteiger charge is 2.35. The van der Waals surface area contributed by atoms with E-state index in [1.54, 1.807) is 31.4 Å². The molecular weight excluding hydrogens is 1390 g/mol. The molecule has 4 atom stereocenters. The van der Waals surface area contributed by atoms with Crippen LogP contribution >= 0.6 is 11.6 Å². The number of H-pyrrole nitrogens is 4. The lowest BCUT2D eigenvalue weighted by Gasteiger charge is -2.27. The number of anilines is 12. The van der Waals surface area contributed by atoms with Crippen molar-refractivity contribution >= 4 is 81.4 Å². The average molecular weight is 1480 g/mol. The minimum atomic E-state index is -0.161. The fourth-order valence-corrected chi connectivity index (χ4v) is 16.0. The summed E-state index contributed by atoms with van der Waals surface area (Å²) in [6, 6.07) is 48.8. The second-order valence-electron chi connectivity index (χ2n) is 29.6. The van der Waals surface area contributed by atoms with Gasteiger partial charge in [0.15, 0.2) is 23.3 Å². The summed E-state index contributed by atoms with van der Waals surface area (Å²) in [6.45, 7) is 6.01. The van der Waals surface area contributed by atoms with Crippen LogP contribution in [-0.2, 0) is 6.61 Å². The number of rotatable bonds is 21. The first-order valence-corrected chi connectivity index (χ1v) is 38.9. The van der Waals surface area contributed by atoms with Gasteiger partial charge in [0, 0.05) is 132 Å². The fourth-order valence-electron chi connectivity index (χ4n) is 15.7. The standard InChI is InChI=1S/C21H24N6O.C21H24N6.C20H21ClN6.C20H21FN6/c28-12-15-4-1-2-5-16(15)18-6-3-9-27(18)21-11-19(22-13-23-21)24-20-10-17(25-26-20)14-7-8-14;1-14-5-2-3-6-16(14)18-7-4-10-27(18)21-12-19(22-13-23-21)24-20-11-17(25-26-20)15-8-9-15;2*21-15-5-2-1-4-14(15)17-6-3-9-27(17)20-11-18(22-12-23-20)24-19-10-16(25-26-19)13-7-8-13/h1-2,4-5,10-11,13-14,18,28H,3,6-9,12H2,(H2,22,23,24,25,26);2-3,5-6,11-13,15,18H,4,7-10H2,1H3,(H2,22,23,24,25,26);2*1-2,4-5,10-13,17H,3,6-9H2,(H2,22,23,24,25,26). The third kappa shape index (κ3) is 16.8. The van der Waals surface area contributed by atoms with Crippen LogP contribution in [0.3, 0.4) is 0 Å². The second kappa shape index (κ2) is 32.2. The van der Waals surface area contributed by atoms with E-state index < -0.39 is 0 Å². The van der Waals surface area contributed by atoms with Gasteiger partial charge in [-0.2, -0.15) is 20.4 Å². The first-order valence-electron chi connectivity index (χ1n) is 38.5. The first kappa shape index (κ1) is 70.6. The number of nitrogens with one attached hydrogen (secondary N) is 8. The maximum atomic E-state index is 14.3. The molecule has 8 fully saturated rings. The lowest BCUT2D eigenvalue weighted by molar-refractivity contribution is 0.280. The zero-order chi connectivity index (χ0) is 73.6. The summed E-state index contributed by atoms with van der Waals surface area (Å²) < 4.78 is 14.3. The number of halogens is 2. The van der Waals surface area contributed by atoms with Crippen LogP contribution in [0.1, 0.15) is 207 Å². The highest BCUT2D eigenvalue weighted by molar-refractivity contribution is 6.31. The summed E-state index contributed by atoms with van der Waals surface area (Å²) >= 11 is 6.45. The summed E-state index contributed by atoms with van der Waals surface area (Å²) in [5.41, 5.74) is 11.6. The SMILES string of the molecule is Cc1ccccc1C1CCCN1c1cc(Nc2cc(C3CC3)[nH]n2)ncn1.Clc1ccccc1C1CCCN1c1cc(Nc2cc(C3CC3)[nH]n2)ncn1.Fc1ccccc1C1CCCN1c1cc(Nc2cc(C3CC3)[nH]n2)ncn1.OCc1ccccc1C1CCCN1c1cc(Nc2cc(C3CC3)[nH]n2)ncn1. The second-order valence-corrected chi connectivity index (χ2v) is 30.0. The third-order valence-electron chi connectivity index (χ3n) is 21.9. The molecule has 20 rings (SSSR count). The van der Waals surface area contributed by atoms with E-state index in [0.29, 0.717) is 35.5 Å². The van der Waals surface area contributed by atoms with Gasteiger partial charge >= 0.3 is 0 Å². The Kier molecular flexibility index (Phi) is 20.9. The minimum absolute atomic E-state index is 0.000743. The van der Waals surface area contributed by atoms with E-state index in [4.69, 9.17) is 11.6 Å². The van der Waals surface area contributed by atoms with Crippen molar-refractivity contribution in [2.45, 2.75) is 164 Å². The summed E-state index contributed by atoms with van der Waals surface area (Å²) in [5.74, 6) is 12.1. The number of hydrogen-bond donors (Lipinski definition) is 9. The molecule has 25 nitrogen and oxygen atoms in total. The van der Waals surface area contributed by atoms with Gasteiger partial charge in [-0.05, 0) is 150 Å². The lowest BCUT2D eigenvalue weighted by atomic mass is 9.99. The largest absolute Gasteiger partial charge is 0.392 e. The maximum Gasteiger partial charge on any atom is 0.153 e. The van der Waals surface area contributed by atoms with Gasteiger partial charge in [0.25, 0.3) is 0 Å². The van der Waals surface area contributed by atoms with Crippen molar-refractivity contribution in [3.8, 4) is 0 Å². The van der Waals surface area contributed by atoms with Crippen molar-refractivity contribution in [3.05, 3.63) is 238 Å². The van der Waals surface area contributed by atoms with Gasteiger partial charge in [-0.1, -0.05) is 96.5 Å². The van der Waals surface area contributed by atoms with Gasteiger partial charge in [0.2, 0.25) is 0 Å². The van der Waals surface area contributed by atoms with Crippen LogP contribution in [0.15, 0.2) is 171 Å². The van der Waals surface area contributed by atoms with E-state index in [2.05, 4.69) is 183 Å². The van der Waals surface area contributed by atoms with Crippen molar-refractivity contribution in [2.24, 2.45) is 0 Å². The Morgan fingerprint density at radius 3 is 1.04 bits per heavy atom. The molecule has 4 aromatic carbocycles. The molecular formula is C82H90ClFN24O. The predicted octanol–water partition coefficient (Wildman–Crippen LogP) is 17.2. The van der Waals surface area contributed by atoms with E-state index >= 15 is 0 Å². The molecule has 0 amide bonds. The van der Waals surface area contributed by atoms with E-state index in [-0.39, 0.29) is 30.5 Å². The van der Waals surface area contributed by atoms with Gasteiger partial charge in [-0.15, -0.1) is 0 Å². The average Bonchev–Trinajstić information content (AvgIpc) is 1.34. The van der Waals surface area contributed by atoms with Gasteiger partial charge in [0.1, 0.15) is 77.7 Å². The lowest BCUT2D eigenvalue weighted by Crippen LogP contribution is -2.24. The number of benzene rings is 4. The van der Waals surface area contributed by atoms with Crippen LogP contribution in [0.5, 0.6) is 0 Å². The molecule has 4 aliphatic carbocycles. The highest BCUT2D eigenvalue weighted by atomic mass is 35.5. The van der Waals surface area contributed by atoms with E-state index in [0.717, 1.165) is 157 Å². The number of aryl methyl sites for hydroxylation is 1. The summed E-state index contributed by atoms with van der Waals surface area (Å²) in [7, 11) is 0. The number of hydrogen-bond acceptors (Lipinski definition) is 21. The van der Waals surface area contributed by atoms with Crippen molar-refractivity contribution in [1.29, 1.82) is 0 Å². The van der Waals surface area contributed by atoms with E-state index in [1.165, 1.54) is 103 Å². The van der Waals surface area contributed by atoms with E-state index in [1.807, 2.05) is 78.9 Å². The van der Waals surface area contributed by atoms with Crippen LogP contribution in [0.4, 0.5) is 74.2 Å². The third-order valence-corrected chi connectivity index (χ3v) is 22.3. The summed E-state index contributed by atoms with van der Waals surface area (Å²) in [4.78, 5) is 44.6. The molecule has 0 bridgehead atoms. The molecule has 4 saturated carbocycles. The number of aromatic amines is 4. The van der Waals surface area contributed by atoms with Crippen LogP contribution in [0.2, 0.25) is 5.02 Å². The molecule has 109 heavy (non-hydrogen) atoms. The number of nitrogens with zero attached hydrogens (tertiary/aromatic N) is 16. The Hall–Kier alpha value is -11.4. The van der Waals surface area contributed by atoms with Crippen LogP contribution in [0.25, 0.3) is 0 Å². The molecule has 0 spiro atoms. The number of aliphatic hydroxyl groups is 1. The van der Waals surface area contributed by atoms with Gasteiger partial charge < -0.3 is 46.0 Å². The van der Waals surface area contributed by atoms with Gasteiger partial charge in [-0.25, -0.2) is 44.3 Å². The Bertz CT molecular complexity index is 4700. The smallest absolute Gasteiger partial charge is 0.153 e. The van der Waals surface area contributed by atoms with E-state index in [9.17, 15) is 9.50 Å². The predicted molar refractivity (Wildman–Crippen MR) is 422 cm³/mol. The Labute approximate surface area is 637 Å². The van der Waals surface area contributed by atoms with Crippen molar-refractivity contribution < 1.29 is 9.50 Å². The quantitative estimate of drug-likeness (QED) is 0.0323. The van der Waals surface area contributed by atoms with Crippen LogP contribution in [-0.4, -0.2) is 112 Å². The Morgan fingerprint density at radius 1 is 0.367 bits per heavy atom. The monoisotopic (exact) mass is 1480 g/mol. The van der Waals surface area contributed by atoms with Crippen LogP contribution < -0.4 is 40.9 Å². The highest BCUT2D eigenvalue weighted by Crippen LogP contribution is 2.46. The molecule has 27 heteroatoms. The van der Waals surface area contributed by atoms with Crippen molar-refractivity contribution in [3.63, 3.8) is 0 Å². The summed E-state index contributed by atoms with van der Waals surface area (Å²) in [5, 5.41) is 53.5. The maximum absolute atomic E-state index is 14.3. The Morgan fingerprint density at radius 2 is 0.679 bits per heavy atom. The molecule has 558 valence electrons. The molecule has 4 saturated heterocycles.